The summed E-state index contributed by atoms with van der Waals surface area (Å²) >= 11 is 0. The van der Waals surface area contributed by atoms with Crippen molar-refractivity contribution in [1.82, 2.24) is 9.97 Å². The van der Waals surface area contributed by atoms with Crippen LogP contribution in [0, 0.1) is 6.07 Å². The molecule has 2 aromatic rings. The van der Waals surface area contributed by atoms with Crippen molar-refractivity contribution in [3.05, 3.63) is 24.3 Å². The molecule has 0 atom stereocenters. The Balaban J connectivity index is 2.69. The van der Waals surface area contributed by atoms with E-state index in [9.17, 15) is 0 Å². The first-order valence-corrected chi connectivity index (χ1v) is 4.11. The minimum atomic E-state index is 0.389. The molecule has 0 bridgehead atoms. The zero-order valence-electron chi connectivity index (χ0n) is 7.94. The summed E-state index contributed by atoms with van der Waals surface area (Å²) < 4.78 is 10.1. The molecule has 2 rings (SSSR count). The van der Waals surface area contributed by atoms with Gasteiger partial charge in [0.1, 0.15) is 0 Å². The van der Waals surface area contributed by atoms with E-state index in [0.717, 1.165) is 11.0 Å². The molecule has 0 spiro atoms. The van der Waals surface area contributed by atoms with E-state index in [1.165, 1.54) is 14.2 Å². The fraction of sp³-hybridized carbons (Fsp3) is 0.200. The molecule has 1 heterocycles. The molecule has 0 aliphatic carbocycles. The largest absolute Gasteiger partial charge is 0.477 e. The van der Waals surface area contributed by atoms with E-state index in [0.29, 0.717) is 11.8 Å². The Morgan fingerprint density at radius 2 is 1.71 bits per heavy atom. The first-order chi connectivity index (χ1) is 6.85. The smallest absolute Gasteiger partial charge is 0.278 e. The number of fused-ring (bicyclic) bond motifs is 1. The van der Waals surface area contributed by atoms with Crippen LogP contribution in [0.15, 0.2) is 18.2 Å². The van der Waals surface area contributed by atoms with Gasteiger partial charge in [0.25, 0.3) is 11.8 Å². The van der Waals surface area contributed by atoms with Crippen molar-refractivity contribution in [2.24, 2.45) is 0 Å². The minimum absolute atomic E-state index is 0.389. The van der Waals surface area contributed by atoms with Crippen molar-refractivity contribution in [3.8, 4) is 11.8 Å². The summed E-state index contributed by atoms with van der Waals surface area (Å²) in [4.78, 5) is 8.46. The Hall–Kier alpha value is -1.84. The van der Waals surface area contributed by atoms with Crippen LogP contribution >= 0.6 is 0 Å². The monoisotopic (exact) mass is 189 g/mol. The van der Waals surface area contributed by atoms with Crippen LogP contribution in [0.2, 0.25) is 0 Å². The highest BCUT2D eigenvalue weighted by Gasteiger charge is 2.08. The third kappa shape index (κ3) is 1.35. The molecule has 0 saturated carbocycles. The first-order valence-electron chi connectivity index (χ1n) is 4.11. The van der Waals surface area contributed by atoms with Crippen molar-refractivity contribution in [1.29, 1.82) is 0 Å². The van der Waals surface area contributed by atoms with Gasteiger partial charge < -0.3 is 9.47 Å². The van der Waals surface area contributed by atoms with Gasteiger partial charge >= 0.3 is 0 Å². The molecule has 0 amide bonds. The lowest BCUT2D eigenvalue weighted by atomic mass is 10.3. The Labute approximate surface area is 81.5 Å². The predicted octanol–water partition coefficient (Wildman–Crippen LogP) is 1.45. The quantitative estimate of drug-likeness (QED) is 0.717. The number of nitrogens with zero attached hydrogens (tertiary/aromatic N) is 2. The van der Waals surface area contributed by atoms with Crippen LogP contribution in [0.4, 0.5) is 0 Å². The van der Waals surface area contributed by atoms with Crippen LogP contribution in [0.1, 0.15) is 0 Å². The number of benzene rings is 1. The fourth-order valence-corrected chi connectivity index (χ4v) is 1.18. The topological polar surface area (TPSA) is 44.2 Å². The molecule has 0 N–H and O–H groups in total. The SMILES string of the molecule is COc1nc2c[c]ccc2nc1OC. The molecular formula is C10H9N2O2. The third-order valence-corrected chi connectivity index (χ3v) is 1.83. The van der Waals surface area contributed by atoms with E-state index in [-0.39, 0.29) is 0 Å². The lowest BCUT2D eigenvalue weighted by Crippen LogP contribution is -1.96. The lowest BCUT2D eigenvalue weighted by molar-refractivity contribution is 0.334. The summed E-state index contributed by atoms with van der Waals surface area (Å²) in [5.74, 6) is 0.783. The molecule has 0 fully saturated rings. The molecule has 1 radical (unpaired) electrons. The van der Waals surface area contributed by atoms with Gasteiger partial charge in [0.05, 0.1) is 25.3 Å². The minimum Gasteiger partial charge on any atom is -0.477 e. The standard InChI is InChI=1S/C10H9N2O2/c1-13-9-10(14-2)12-8-6-4-3-5-7(8)11-9/h3,5-6H,1-2H3. The van der Waals surface area contributed by atoms with Crippen molar-refractivity contribution < 1.29 is 9.47 Å². The van der Waals surface area contributed by atoms with E-state index in [4.69, 9.17) is 9.47 Å². The highest BCUT2D eigenvalue weighted by molar-refractivity contribution is 5.75. The van der Waals surface area contributed by atoms with Crippen LogP contribution in [0.25, 0.3) is 11.0 Å². The molecule has 0 aliphatic heterocycles. The Kier molecular flexibility index (Phi) is 2.18. The van der Waals surface area contributed by atoms with E-state index < -0.39 is 0 Å². The molecule has 1 aromatic heterocycles. The average Bonchev–Trinajstić information content (AvgIpc) is 2.27. The Bertz CT molecular complexity index is 414. The lowest BCUT2D eigenvalue weighted by Gasteiger charge is -2.05. The van der Waals surface area contributed by atoms with Crippen LogP contribution in [-0.2, 0) is 0 Å². The number of hydrogen-bond acceptors (Lipinski definition) is 4. The maximum Gasteiger partial charge on any atom is 0.278 e. The van der Waals surface area contributed by atoms with Crippen LogP contribution in [0.5, 0.6) is 11.8 Å². The highest BCUT2D eigenvalue weighted by Crippen LogP contribution is 2.24. The number of rotatable bonds is 2. The Morgan fingerprint density at radius 1 is 1.07 bits per heavy atom. The summed E-state index contributed by atoms with van der Waals surface area (Å²) in [6, 6.07) is 8.28. The molecule has 0 unspecified atom stereocenters. The molecule has 0 saturated heterocycles. The van der Waals surface area contributed by atoms with Crippen LogP contribution in [0.3, 0.4) is 0 Å². The number of methoxy groups -OCH3 is 2. The molecule has 4 heteroatoms. The molecule has 4 nitrogen and oxygen atoms in total. The molecule has 0 aliphatic rings. The highest BCUT2D eigenvalue weighted by atomic mass is 16.5. The number of ether oxygens (including phenoxy) is 2. The summed E-state index contributed by atoms with van der Waals surface area (Å²) in [6.45, 7) is 0. The van der Waals surface area contributed by atoms with Crippen LogP contribution in [-0.4, -0.2) is 24.2 Å². The zero-order valence-corrected chi connectivity index (χ0v) is 7.94. The summed E-state index contributed by atoms with van der Waals surface area (Å²) in [6.07, 6.45) is 0. The van der Waals surface area contributed by atoms with Crippen LogP contribution < -0.4 is 9.47 Å². The maximum absolute atomic E-state index is 5.04. The van der Waals surface area contributed by atoms with Gasteiger partial charge in [0, 0.05) is 0 Å². The van der Waals surface area contributed by atoms with Crippen molar-refractivity contribution in [2.75, 3.05) is 14.2 Å². The first kappa shape index (κ1) is 8.74. The number of aromatic nitrogens is 2. The van der Waals surface area contributed by atoms with Gasteiger partial charge in [-0.3, -0.25) is 0 Å². The molecule has 71 valence electrons. The van der Waals surface area contributed by atoms with E-state index in [2.05, 4.69) is 16.0 Å². The van der Waals surface area contributed by atoms with Crippen molar-refractivity contribution >= 4 is 11.0 Å². The van der Waals surface area contributed by atoms with Gasteiger partial charge in [0.2, 0.25) is 0 Å². The van der Waals surface area contributed by atoms with E-state index >= 15 is 0 Å². The van der Waals surface area contributed by atoms with Crippen molar-refractivity contribution in [2.45, 2.75) is 0 Å². The van der Waals surface area contributed by atoms with Gasteiger partial charge in [0.15, 0.2) is 0 Å². The second-order valence-corrected chi connectivity index (χ2v) is 2.66. The second kappa shape index (κ2) is 3.49. The van der Waals surface area contributed by atoms with Gasteiger partial charge in [-0.15, -0.1) is 0 Å². The molecular weight excluding hydrogens is 180 g/mol. The van der Waals surface area contributed by atoms with Gasteiger partial charge in [-0.05, 0) is 18.2 Å². The Morgan fingerprint density at radius 3 is 2.36 bits per heavy atom. The maximum atomic E-state index is 5.04. The van der Waals surface area contributed by atoms with Gasteiger partial charge in [-0.2, -0.15) is 0 Å². The normalized spacial score (nSPS) is 10.1. The van der Waals surface area contributed by atoms with E-state index in [1.54, 1.807) is 12.1 Å². The predicted molar refractivity (Wildman–Crippen MR) is 51.5 cm³/mol. The molecule has 14 heavy (non-hydrogen) atoms. The summed E-state index contributed by atoms with van der Waals surface area (Å²) in [5, 5.41) is 0. The zero-order chi connectivity index (χ0) is 9.97. The third-order valence-electron chi connectivity index (χ3n) is 1.83. The summed E-state index contributed by atoms with van der Waals surface area (Å²) in [7, 11) is 3.07. The number of hydrogen-bond donors (Lipinski definition) is 0. The fourth-order valence-electron chi connectivity index (χ4n) is 1.18. The van der Waals surface area contributed by atoms with Gasteiger partial charge in [-0.1, -0.05) is 6.07 Å². The second-order valence-electron chi connectivity index (χ2n) is 2.66. The van der Waals surface area contributed by atoms with E-state index in [1.807, 2.05) is 6.07 Å². The summed E-state index contributed by atoms with van der Waals surface area (Å²) in [5.41, 5.74) is 1.51. The molecule has 1 aromatic carbocycles. The van der Waals surface area contributed by atoms with Gasteiger partial charge in [-0.25, -0.2) is 9.97 Å². The average molecular weight is 189 g/mol. The van der Waals surface area contributed by atoms with Crippen molar-refractivity contribution in [3.63, 3.8) is 0 Å².